The lowest BCUT2D eigenvalue weighted by Gasteiger charge is -2.23. The number of aromatic nitrogens is 2. The molecule has 1 N–H and O–H groups in total. The zero-order valence-electron chi connectivity index (χ0n) is 9.07. The van der Waals surface area contributed by atoms with Crippen LogP contribution in [0.15, 0.2) is 12.3 Å². The van der Waals surface area contributed by atoms with Gasteiger partial charge in [-0.15, -0.1) is 0 Å². The smallest absolute Gasteiger partial charge is 0.216 e. The van der Waals surface area contributed by atoms with Gasteiger partial charge >= 0.3 is 0 Å². The van der Waals surface area contributed by atoms with Gasteiger partial charge in [-0.25, -0.2) is 4.98 Å². The first kappa shape index (κ1) is 10.4. The Labute approximate surface area is 90.1 Å². The van der Waals surface area contributed by atoms with Crippen molar-refractivity contribution in [3.05, 3.63) is 18.1 Å². The summed E-state index contributed by atoms with van der Waals surface area (Å²) < 4.78 is 5.61. The highest BCUT2D eigenvalue weighted by molar-refractivity contribution is 5.07. The number of piperidine rings is 1. The topological polar surface area (TPSA) is 47.0 Å². The zero-order valence-corrected chi connectivity index (χ0v) is 9.07. The lowest BCUT2D eigenvalue weighted by Crippen LogP contribution is -2.38. The number of nitrogens with zero attached hydrogens (tertiary/aromatic N) is 2. The van der Waals surface area contributed by atoms with Crippen LogP contribution < -0.4 is 10.1 Å². The molecule has 1 unspecified atom stereocenters. The summed E-state index contributed by atoms with van der Waals surface area (Å²) in [5, 5.41) is 3.44. The number of ether oxygens (including phenoxy) is 1. The first-order valence-electron chi connectivity index (χ1n) is 5.50. The fourth-order valence-corrected chi connectivity index (χ4v) is 1.77. The molecule has 4 heteroatoms. The summed E-state index contributed by atoms with van der Waals surface area (Å²) in [6, 6.07) is 2.28. The van der Waals surface area contributed by atoms with Gasteiger partial charge in [-0.05, 0) is 26.3 Å². The summed E-state index contributed by atoms with van der Waals surface area (Å²) in [5.41, 5.74) is 0. The Bertz CT molecular complexity index is 310. The van der Waals surface area contributed by atoms with Crippen LogP contribution >= 0.6 is 0 Å². The van der Waals surface area contributed by atoms with Gasteiger partial charge in [0, 0.05) is 18.3 Å². The van der Waals surface area contributed by atoms with Gasteiger partial charge in [0.15, 0.2) is 0 Å². The van der Waals surface area contributed by atoms with Crippen LogP contribution in [0.5, 0.6) is 5.88 Å². The highest BCUT2D eigenvalue weighted by atomic mass is 16.5. The fraction of sp³-hybridized carbons (Fsp3) is 0.636. The van der Waals surface area contributed by atoms with Crippen molar-refractivity contribution in [1.29, 1.82) is 0 Å². The van der Waals surface area contributed by atoms with E-state index in [9.17, 15) is 0 Å². The summed E-state index contributed by atoms with van der Waals surface area (Å²) in [6.45, 7) is 3.68. The molecule has 0 radical (unpaired) electrons. The largest absolute Gasteiger partial charge is 0.476 e. The van der Waals surface area contributed by atoms with Gasteiger partial charge < -0.3 is 10.1 Å². The molecule has 1 aliphatic heterocycles. The highest BCUT2D eigenvalue weighted by Gasteiger charge is 2.12. The molecule has 0 bridgehead atoms. The van der Waals surface area contributed by atoms with E-state index in [0.717, 1.165) is 12.4 Å². The molecule has 1 atom stereocenters. The van der Waals surface area contributed by atoms with Crippen LogP contribution in [0.25, 0.3) is 0 Å². The van der Waals surface area contributed by atoms with E-state index in [2.05, 4.69) is 15.3 Å². The van der Waals surface area contributed by atoms with Crippen molar-refractivity contribution in [3.63, 3.8) is 0 Å². The molecule has 0 aliphatic carbocycles. The van der Waals surface area contributed by atoms with Crippen molar-refractivity contribution in [2.45, 2.75) is 32.2 Å². The molecule has 0 spiro atoms. The Kier molecular flexibility index (Phi) is 3.50. The molecule has 1 aliphatic rings. The third-order valence-electron chi connectivity index (χ3n) is 2.60. The molecule has 4 nitrogen and oxygen atoms in total. The molecule has 82 valence electrons. The summed E-state index contributed by atoms with van der Waals surface area (Å²) in [5.74, 6) is 1.43. The highest BCUT2D eigenvalue weighted by Crippen LogP contribution is 2.10. The number of hydrogen-bond acceptors (Lipinski definition) is 4. The second-order valence-electron chi connectivity index (χ2n) is 3.90. The van der Waals surface area contributed by atoms with Crippen molar-refractivity contribution in [1.82, 2.24) is 15.3 Å². The first-order chi connectivity index (χ1) is 7.34. The van der Waals surface area contributed by atoms with Crippen LogP contribution in [0, 0.1) is 6.92 Å². The third kappa shape index (κ3) is 3.16. The molecule has 0 saturated carbocycles. The normalized spacial score (nSPS) is 21.3. The Morgan fingerprint density at radius 2 is 2.47 bits per heavy atom. The summed E-state index contributed by atoms with van der Waals surface area (Å²) >= 11 is 0. The van der Waals surface area contributed by atoms with Gasteiger partial charge in [0.2, 0.25) is 5.88 Å². The zero-order chi connectivity index (χ0) is 10.5. The predicted octanol–water partition coefficient (Wildman–Crippen LogP) is 1.31. The standard InChI is InChI=1S/C11H17N3O/c1-9-12-7-5-11(14-9)15-8-10-4-2-3-6-13-10/h5,7,10,13H,2-4,6,8H2,1H3. The fourth-order valence-electron chi connectivity index (χ4n) is 1.77. The van der Waals surface area contributed by atoms with Crippen molar-refractivity contribution in [2.24, 2.45) is 0 Å². The molecular formula is C11H17N3O. The average Bonchev–Trinajstić information content (AvgIpc) is 2.28. The maximum atomic E-state index is 5.61. The van der Waals surface area contributed by atoms with E-state index in [0.29, 0.717) is 18.5 Å². The maximum Gasteiger partial charge on any atom is 0.216 e. The van der Waals surface area contributed by atoms with E-state index < -0.39 is 0 Å². The van der Waals surface area contributed by atoms with Crippen LogP contribution in [0.3, 0.4) is 0 Å². The van der Waals surface area contributed by atoms with E-state index in [4.69, 9.17) is 4.74 Å². The molecule has 15 heavy (non-hydrogen) atoms. The monoisotopic (exact) mass is 207 g/mol. The summed E-state index contributed by atoms with van der Waals surface area (Å²) in [7, 11) is 0. The van der Waals surface area contributed by atoms with Crippen molar-refractivity contribution in [3.8, 4) is 5.88 Å². The molecule has 2 heterocycles. The van der Waals surface area contributed by atoms with Crippen LogP contribution in [-0.2, 0) is 0 Å². The minimum atomic E-state index is 0.481. The SMILES string of the molecule is Cc1nccc(OCC2CCCCN2)n1. The number of hydrogen-bond donors (Lipinski definition) is 1. The van der Waals surface area contributed by atoms with E-state index >= 15 is 0 Å². The van der Waals surface area contributed by atoms with Crippen LogP contribution in [0.4, 0.5) is 0 Å². The van der Waals surface area contributed by atoms with Crippen LogP contribution in [0.1, 0.15) is 25.1 Å². The van der Waals surface area contributed by atoms with Crippen LogP contribution in [0.2, 0.25) is 0 Å². The molecular weight excluding hydrogens is 190 g/mol. The van der Waals surface area contributed by atoms with Gasteiger partial charge in [0.1, 0.15) is 12.4 Å². The number of nitrogens with one attached hydrogen (secondary N) is 1. The maximum absolute atomic E-state index is 5.61. The van der Waals surface area contributed by atoms with Crippen molar-refractivity contribution in [2.75, 3.05) is 13.2 Å². The van der Waals surface area contributed by atoms with Gasteiger partial charge in [0.25, 0.3) is 0 Å². The minimum absolute atomic E-state index is 0.481. The third-order valence-corrected chi connectivity index (χ3v) is 2.60. The van der Waals surface area contributed by atoms with E-state index in [-0.39, 0.29) is 0 Å². The quantitative estimate of drug-likeness (QED) is 0.811. The van der Waals surface area contributed by atoms with E-state index in [1.807, 2.05) is 6.92 Å². The molecule has 1 aromatic heterocycles. The molecule has 0 aromatic carbocycles. The summed E-state index contributed by atoms with van der Waals surface area (Å²) in [4.78, 5) is 8.22. The van der Waals surface area contributed by atoms with Crippen molar-refractivity contribution < 1.29 is 4.74 Å². The second-order valence-corrected chi connectivity index (χ2v) is 3.90. The molecule has 1 fully saturated rings. The van der Waals surface area contributed by atoms with E-state index in [1.54, 1.807) is 12.3 Å². The van der Waals surface area contributed by atoms with Gasteiger partial charge in [-0.3, -0.25) is 0 Å². The molecule has 2 rings (SSSR count). The predicted molar refractivity (Wildman–Crippen MR) is 57.9 cm³/mol. The summed E-state index contributed by atoms with van der Waals surface area (Å²) in [6.07, 6.45) is 5.50. The number of aryl methyl sites for hydroxylation is 1. The van der Waals surface area contributed by atoms with Gasteiger partial charge in [0.05, 0.1) is 0 Å². The Morgan fingerprint density at radius 3 is 3.20 bits per heavy atom. The lowest BCUT2D eigenvalue weighted by molar-refractivity contribution is 0.231. The van der Waals surface area contributed by atoms with Crippen LogP contribution in [-0.4, -0.2) is 29.2 Å². The van der Waals surface area contributed by atoms with Gasteiger partial charge in [-0.1, -0.05) is 6.42 Å². The Hall–Kier alpha value is -1.16. The molecule has 1 aromatic rings. The second kappa shape index (κ2) is 5.07. The molecule has 1 saturated heterocycles. The first-order valence-corrected chi connectivity index (χ1v) is 5.50. The Balaban J connectivity index is 1.81. The molecule has 0 amide bonds. The Morgan fingerprint density at radius 1 is 1.53 bits per heavy atom. The van der Waals surface area contributed by atoms with E-state index in [1.165, 1.54) is 19.3 Å². The minimum Gasteiger partial charge on any atom is -0.476 e. The lowest BCUT2D eigenvalue weighted by atomic mass is 10.1. The average molecular weight is 207 g/mol. The van der Waals surface area contributed by atoms with Crippen molar-refractivity contribution >= 4 is 0 Å². The van der Waals surface area contributed by atoms with Gasteiger partial charge in [-0.2, -0.15) is 4.98 Å². The number of rotatable bonds is 3.